The molecule has 28 heavy (non-hydrogen) atoms. The van der Waals surface area contributed by atoms with Crippen molar-refractivity contribution in [3.05, 3.63) is 29.3 Å². The van der Waals surface area contributed by atoms with E-state index >= 15 is 0 Å². The van der Waals surface area contributed by atoms with Crippen molar-refractivity contribution in [3.8, 4) is 0 Å². The number of hydrogen-bond acceptors (Lipinski definition) is 6. The van der Waals surface area contributed by atoms with E-state index < -0.39 is 0 Å². The van der Waals surface area contributed by atoms with E-state index in [0.29, 0.717) is 6.04 Å². The van der Waals surface area contributed by atoms with Crippen LogP contribution in [0.15, 0.2) is 17.4 Å². The highest BCUT2D eigenvalue weighted by atomic mass is 32.2. The second-order valence-corrected chi connectivity index (χ2v) is 9.23. The van der Waals surface area contributed by atoms with Crippen molar-refractivity contribution < 1.29 is 0 Å². The maximum atomic E-state index is 4.71. The van der Waals surface area contributed by atoms with Crippen LogP contribution in [0.2, 0.25) is 0 Å². The van der Waals surface area contributed by atoms with Gasteiger partial charge in [0, 0.05) is 42.5 Å². The smallest absolute Gasteiger partial charge is 0.234 e. The van der Waals surface area contributed by atoms with Crippen LogP contribution in [0, 0.1) is 19.8 Å². The van der Waals surface area contributed by atoms with Gasteiger partial charge in [-0.15, -0.1) is 10.2 Å². The monoisotopic (exact) mass is 397 g/mol. The molecule has 0 N–H and O–H groups in total. The van der Waals surface area contributed by atoms with Gasteiger partial charge in [0.05, 0.1) is 5.69 Å². The van der Waals surface area contributed by atoms with Crippen LogP contribution in [-0.4, -0.2) is 42.2 Å². The number of nitrogens with zero attached hydrogens (tertiary/aromatic N) is 7. The van der Waals surface area contributed by atoms with Crippen molar-refractivity contribution in [1.29, 1.82) is 0 Å². The van der Waals surface area contributed by atoms with Gasteiger partial charge in [-0.25, -0.2) is 9.97 Å². The third-order valence-corrected chi connectivity index (χ3v) is 6.76. The normalized spacial score (nSPS) is 18.3. The molecule has 3 aromatic heterocycles. The number of thioether (sulfide) groups is 1. The second kappa shape index (κ2) is 7.06. The summed E-state index contributed by atoms with van der Waals surface area (Å²) >= 11 is 1.74. The summed E-state index contributed by atoms with van der Waals surface area (Å²) in [4.78, 5) is 11.7. The van der Waals surface area contributed by atoms with Gasteiger partial charge in [-0.05, 0) is 51.5 Å². The second-order valence-electron chi connectivity index (χ2n) is 8.28. The van der Waals surface area contributed by atoms with Crippen LogP contribution in [0.1, 0.15) is 55.7 Å². The van der Waals surface area contributed by atoms with Gasteiger partial charge in [-0.1, -0.05) is 18.7 Å². The van der Waals surface area contributed by atoms with E-state index in [1.807, 2.05) is 6.92 Å². The molecule has 1 aliphatic heterocycles. The van der Waals surface area contributed by atoms with Gasteiger partial charge in [-0.3, -0.25) is 8.97 Å². The van der Waals surface area contributed by atoms with Crippen LogP contribution >= 0.6 is 11.8 Å². The summed E-state index contributed by atoms with van der Waals surface area (Å²) in [5.41, 5.74) is 3.20. The van der Waals surface area contributed by atoms with Crippen LogP contribution in [0.3, 0.4) is 0 Å². The van der Waals surface area contributed by atoms with E-state index in [4.69, 9.17) is 4.98 Å². The molecule has 1 saturated heterocycles. The first-order chi connectivity index (χ1) is 13.6. The third-order valence-electron chi connectivity index (χ3n) is 5.79. The molecule has 5 rings (SSSR count). The summed E-state index contributed by atoms with van der Waals surface area (Å²) in [6, 6.07) is 2.65. The molecular formula is C20H27N7S. The molecule has 8 heteroatoms. The fourth-order valence-corrected chi connectivity index (χ4v) is 4.85. The average molecular weight is 398 g/mol. The van der Waals surface area contributed by atoms with Gasteiger partial charge in [0.15, 0.2) is 5.16 Å². The molecule has 0 bridgehead atoms. The van der Waals surface area contributed by atoms with Crippen LogP contribution in [0.25, 0.3) is 5.78 Å². The van der Waals surface area contributed by atoms with Crippen molar-refractivity contribution >= 4 is 23.5 Å². The van der Waals surface area contributed by atoms with E-state index in [1.165, 1.54) is 25.7 Å². The Bertz CT molecular complexity index is 996. The zero-order valence-electron chi connectivity index (χ0n) is 16.8. The maximum absolute atomic E-state index is 4.71. The lowest BCUT2D eigenvalue weighted by Gasteiger charge is -2.31. The van der Waals surface area contributed by atoms with Gasteiger partial charge in [-0.2, -0.15) is 0 Å². The molecule has 0 aromatic carbocycles. The topological polar surface area (TPSA) is 64.1 Å². The Morgan fingerprint density at radius 2 is 1.86 bits per heavy atom. The van der Waals surface area contributed by atoms with Crippen molar-refractivity contribution in [2.24, 2.45) is 5.92 Å². The van der Waals surface area contributed by atoms with Gasteiger partial charge < -0.3 is 4.90 Å². The predicted octanol–water partition coefficient (Wildman–Crippen LogP) is 3.80. The Morgan fingerprint density at radius 3 is 2.61 bits per heavy atom. The summed E-state index contributed by atoms with van der Waals surface area (Å²) in [5.74, 6) is 3.45. The highest BCUT2D eigenvalue weighted by molar-refractivity contribution is 7.98. The molecule has 0 radical (unpaired) electrons. The number of aryl methyl sites for hydroxylation is 2. The van der Waals surface area contributed by atoms with Crippen molar-refractivity contribution in [3.63, 3.8) is 0 Å². The SMILES string of the molecule is Cc1cc(C)n2cc(CSc3nnc(N4CCC(C)CC4)n3C3CC3)nc2n1. The molecule has 3 aromatic rings. The molecule has 148 valence electrons. The van der Waals surface area contributed by atoms with Crippen LogP contribution < -0.4 is 4.90 Å². The molecule has 2 aliphatic rings. The lowest BCUT2D eigenvalue weighted by atomic mass is 10.00. The van der Waals surface area contributed by atoms with Crippen LogP contribution in [-0.2, 0) is 5.75 Å². The summed E-state index contributed by atoms with van der Waals surface area (Å²) in [6.45, 7) is 8.63. The van der Waals surface area contributed by atoms with E-state index in [-0.39, 0.29) is 0 Å². The molecule has 2 fully saturated rings. The fraction of sp³-hybridized carbons (Fsp3) is 0.600. The molecule has 0 atom stereocenters. The van der Waals surface area contributed by atoms with Crippen LogP contribution in [0.4, 0.5) is 5.95 Å². The maximum Gasteiger partial charge on any atom is 0.234 e. The van der Waals surface area contributed by atoms with Crippen molar-refractivity contribution in [2.75, 3.05) is 18.0 Å². The molecule has 0 amide bonds. The Kier molecular flexibility index (Phi) is 4.53. The minimum Gasteiger partial charge on any atom is -0.341 e. The summed E-state index contributed by atoms with van der Waals surface area (Å²) in [5, 5.41) is 10.2. The fourth-order valence-electron chi connectivity index (χ4n) is 3.97. The Labute approximate surface area is 169 Å². The van der Waals surface area contributed by atoms with Crippen molar-refractivity contribution in [1.82, 2.24) is 29.1 Å². The highest BCUT2D eigenvalue weighted by Gasteiger charge is 2.32. The standard InChI is InChI=1S/C20H27N7S/c1-13-6-8-25(9-7-13)19-23-24-20(27(19)17-4-5-17)28-12-16-11-26-15(3)10-14(2)21-18(26)22-16/h10-11,13,17H,4-9,12H2,1-3H3. The lowest BCUT2D eigenvalue weighted by Crippen LogP contribution is -2.34. The van der Waals surface area contributed by atoms with E-state index in [9.17, 15) is 0 Å². The summed E-state index contributed by atoms with van der Waals surface area (Å²) in [7, 11) is 0. The highest BCUT2D eigenvalue weighted by Crippen LogP contribution is 2.41. The number of fused-ring (bicyclic) bond motifs is 1. The van der Waals surface area contributed by atoms with Crippen LogP contribution in [0.5, 0.6) is 0 Å². The van der Waals surface area contributed by atoms with E-state index in [2.05, 4.69) is 55.2 Å². The van der Waals surface area contributed by atoms with Gasteiger partial charge in [0.1, 0.15) is 0 Å². The quantitative estimate of drug-likeness (QED) is 0.610. The summed E-state index contributed by atoms with van der Waals surface area (Å²) in [6.07, 6.45) is 7.05. The van der Waals surface area contributed by atoms with E-state index in [0.717, 1.165) is 58.7 Å². The van der Waals surface area contributed by atoms with Gasteiger partial charge in [0.25, 0.3) is 0 Å². The average Bonchev–Trinajstić information content (AvgIpc) is 3.28. The first-order valence-corrected chi connectivity index (χ1v) is 11.2. The molecular weight excluding hydrogens is 370 g/mol. The third kappa shape index (κ3) is 3.38. The van der Waals surface area contributed by atoms with Crippen molar-refractivity contribution in [2.45, 2.75) is 63.4 Å². The summed E-state index contributed by atoms with van der Waals surface area (Å²) < 4.78 is 4.44. The largest absolute Gasteiger partial charge is 0.341 e. The first kappa shape index (κ1) is 18.0. The molecule has 4 heterocycles. The predicted molar refractivity (Wildman–Crippen MR) is 111 cm³/mol. The zero-order valence-corrected chi connectivity index (χ0v) is 17.6. The minimum absolute atomic E-state index is 0.569. The molecule has 1 aliphatic carbocycles. The zero-order chi connectivity index (χ0) is 19.3. The van der Waals surface area contributed by atoms with Gasteiger partial charge in [0.2, 0.25) is 11.7 Å². The van der Waals surface area contributed by atoms with Gasteiger partial charge >= 0.3 is 0 Å². The Balaban J connectivity index is 1.36. The molecule has 0 unspecified atom stereocenters. The number of hydrogen-bond donors (Lipinski definition) is 0. The lowest BCUT2D eigenvalue weighted by molar-refractivity contribution is 0.429. The first-order valence-electron chi connectivity index (χ1n) is 10.2. The number of aromatic nitrogens is 6. The molecule has 0 spiro atoms. The number of piperidine rings is 1. The van der Waals surface area contributed by atoms with E-state index in [1.54, 1.807) is 11.8 Å². The molecule has 7 nitrogen and oxygen atoms in total. The number of rotatable bonds is 5. The minimum atomic E-state index is 0.569. The number of anilines is 1. The number of imidazole rings is 1. The Morgan fingerprint density at radius 1 is 1.07 bits per heavy atom. The Hall–Kier alpha value is -2.09. The molecule has 1 saturated carbocycles.